The monoisotopic (exact) mass is 230 g/mol. The van der Waals surface area contributed by atoms with Gasteiger partial charge in [-0.15, -0.1) is 0 Å². The fourth-order valence-electron chi connectivity index (χ4n) is 1.20. The number of rotatable bonds is 5. The molecule has 0 bridgehead atoms. The molecule has 0 rings (SSSR count). The molecule has 0 fully saturated rings. The fraction of sp³-hybridized carbons (Fsp3) is 0.833. The maximum Gasteiger partial charge on any atom is 0.310 e. The lowest BCUT2D eigenvalue weighted by Gasteiger charge is -2.23. The molecule has 0 aliphatic carbocycles. The molecule has 1 unspecified atom stereocenters. The largest absolute Gasteiger partial charge is 0.466 e. The molecule has 4 nitrogen and oxygen atoms in total. The summed E-state index contributed by atoms with van der Waals surface area (Å²) in [4.78, 5) is 23.0. The average Bonchev–Trinajstić information content (AvgIpc) is 2.11. The molecular weight excluding hydrogens is 208 g/mol. The Balaban J connectivity index is 4.27. The molecule has 94 valence electrons. The zero-order valence-electron chi connectivity index (χ0n) is 10.8. The summed E-state index contributed by atoms with van der Waals surface area (Å²) in [7, 11) is 0. The van der Waals surface area contributed by atoms with E-state index >= 15 is 0 Å². The summed E-state index contributed by atoms with van der Waals surface area (Å²) in [6.45, 7) is 9.36. The molecule has 0 aliphatic heterocycles. The van der Waals surface area contributed by atoms with Crippen molar-refractivity contribution < 1.29 is 19.1 Å². The highest BCUT2D eigenvalue weighted by molar-refractivity contribution is 5.80. The van der Waals surface area contributed by atoms with Gasteiger partial charge in [0.15, 0.2) is 0 Å². The summed E-state index contributed by atoms with van der Waals surface area (Å²) in [5.74, 6) is -1.08. The SMILES string of the molecule is CCOC(=O)CC(CC)C(=O)OC(C)(C)C. The number of hydrogen-bond donors (Lipinski definition) is 0. The highest BCUT2D eigenvalue weighted by Gasteiger charge is 2.26. The Bertz CT molecular complexity index is 240. The van der Waals surface area contributed by atoms with Crippen molar-refractivity contribution in [1.29, 1.82) is 0 Å². The van der Waals surface area contributed by atoms with E-state index in [0.29, 0.717) is 13.0 Å². The minimum Gasteiger partial charge on any atom is -0.466 e. The molecule has 0 aromatic rings. The average molecular weight is 230 g/mol. The van der Waals surface area contributed by atoms with Crippen LogP contribution in [0.25, 0.3) is 0 Å². The Hall–Kier alpha value is -1.06. The van der Waals surface area contributed by atoms with Crippen LogP contribution in [0, 0.1) is 5.92 Å². The van der Waals surface area contributed by atoms with Gasteiger partial charge in [0.05, 0.1) is 18.9 Å². The smallest absolute Gasteiger partial charge is 0.310 e. The fourth-order valence-corrected chi connectivity index (χ4v) is 1.20. The van der Waals surface area contributed by atoms with E-state index in [1.807, 2.05) is 27.7 Å². The van der Waals surface area contributed by atoms with Crippen molar-refractivity contribution >= 4 is 11.9 Å². The molecule has 0 saturated carbocycles. The van der Waals surface area contributed by atoms with Crippen LogP contribution in [0.2, 0.25) is 0 Å². The first-order chi connectivity index (χ1) is 7.30. The van der Waals surface area contributed by atoms with Crippen molar-refractivity contribution in [3.63, 3.8) is 0 Å². The Morgan fingerprint density at radius 1 is 1.19 bits per heavy atom. The number of carbonyl (C=O) groups is 2. The molecule has 4 heteroatoms. The Morgan fingerprint density at radius 2 is 1.75 bits per heavy atom. The molecule has 0 aliphatic rings. The van der Waals surface area contributed by atoms with Crippen LogP contribution in [0.3, 0.4) is 0 Å². The second kappa shape index (κ2) is 6.51. The number of ether oxygens (including phenoxy) is 2. The van der Waals surface area contributed by atoms with E-state index in [1.165, 1.54) is 0 Å². The summed E-state index contributed by atoms with van der Waals surface area (Å²) in [6.07, 6.45) is 0.674. The molecular formula is C12H22O4. The molecule has 0 aromatic carbocycles. The minimum absolute atomic E-state index is 0.0965. The maximum atomic E-state index is 11.7. The van der Waals surface area contributed by atoms with Gasteiger partial charge in [-0.2, -0.15) is 0 Å². The number of carbonyl (C=O) groups excluding carboxylic acids is 2. The Labute approximate surface area is 97.3 Å². The van der Waals surface area contributed by atoms with Gasteiger partial charge < -0.3 is 9.47 Å². The second-order valence-corrected chi connectivity index (χ2v) is 4.65. The first-order valence-electron chi connectivity index (χ1n) is 5.68. The van der Waals surface area contributed by atoms with Crippen molar-refractivity contribution in [2.24, 2.45) is 5.92 Å². The van der Waals surface area contributed by atoms with Crippen LogP contribution in [0.15, 0.2) is 0 Å². The summed E-state index contributed by atoms with van der Waals surface area (Å²) in [5, 5.41) is 0. The lowest BCUT2D eigenvalue weighted by molar-refractivity contribution is -0.163. The van der Waals surface area contributed by atoms with E-state index in [0.717, 1.165) is 0 Å². The van der Waals surface area contributed by atoms with Gasteiger partial charge in [-0.25, -0.2) is 0 Å². The van der Waals surface area contributed by atoms with Gasteiger partial charge in [-0.1, -0.05) is 6.92 Å². The summed E-state index contributed by atoms with van der Waals surface area (Å²) in [5.41, 5.74) is -0.515. The van der Waals surface area contributed by atoms with E-state index in [9.17, 15) is 9.59 Å². The lowest BCUT2D eigenvalue weighted by Crippen LogP contribution is -2.30. The van der Waals surface area contributed by atoms with Gasteiger partial charge in [0.25, 0.3) is 0 Å². The first kappa shape index (κ1) is 14.9. The lowest BCUT2D eigenvalue weighted by atomic mass is 10.0. The summed E-state index contributed by atoms with van der Waals surface area (Å²) < 4.78 is 10.0. The van der Waals surface area contributed by atoms with Crippen LogP contribution in [0.1, 0.15) is 47.5 Å². The topological polar surface area (TPSA) is 52.6 Å². The van der Waals surface area contributed by atoms with Crippen LogP contribution in [-0.4, -0.2) is 24.1 Å². The third-order valence-electron chi connectivity index (χ3n) is 1.95. The van der Waals surface area contributed by atoms with Gasteiger partial charge in [0.1, 0.15) is 5.60 Å². The normalized spacial score (nSPS) is 13.1. The molecule has 0 heterocycles. The molecule has 0 saturated heterocycles. The van der Waals surface area contributed by atoms with Gasteiger partial charge in [0, 0.05) is 0 Å². The van der Waals surface area contributed by atoms with Crippen LogP contribution >= 0.6 is 0 Å². The molecule has 1 atom stereocenters. The molecule has 0 radical (unpaired) electrons. The predicted molar refractivity (Wildman–Crippen MR) is 60.9 cm³/mol. The van der Waals surface area contributed by atoms with Crippen LogP contribution < -0.4 is 0 Å². The van der Waals surface area contributed by atoms with E-state index in [1.54, 1.807) is 6.92 Å². The zero-order valence-corrected chi connectivity index (χ0v) is 10.8. The molecule has 0 aromatic heterocycles. The van der Waals surface area contributed by atoms with E-state index in [2.05, 4.69) is 0 Å². The van der Waals surface area contributed by atoms with Gasteiger partial charge in [0.2, 0.25) is 0 Å². The minimum atomic E-state index is -0.515. The second-order valence-electron chi connectivity index (χ2n) is 4.65. The Morgan fingerprint density at radius 3 is 2.12 bits per heavy atom. The van der Waals surface area contributed by atoms with Gasteiger partial charge in [-0.3, -0.25) is 9.59 Å². The third-order valence-corrected chi connectivity index (χ3v) is 1.95. The van der Waals surface area contributed by atoms with E-state index in [4.69, 9.17) is 9.47 Å². The summed E-state index contributed by atoms with van der Waals surface area (Å²) >= 11 is 0. The highest BCUT2D eigenvalue weighted by atomic mass is 16.6. The van der Waals surface area contributed by atoms with E-state index in [-0.39, 0.29) is 18.4 Å². The molecule has 0 amide bonds. The number of hydrogen-bond acceptors (Lipinski definition) is 4. The van der Waals surface area contributed by atoms with Crippen LogP contribution in [0.4, 0.5) is 0 Å². The predicted octanol–water partition coefficient (Wildman–Crippen LogP) is 2.31. The molecule has 0 spiro atoms. The highest BCUT2D eigenvalue weighted by Crippen LogP contribution is 2.16. The van der Waals surface area contributed by atoms with Crippen LogP contribution in [0.5, 0.6) is 0 Å². The number of esters is 2. The summed E-state index contributed by atoms with van der Waals surface area (Å²) in [6, 6.07) is 0. The van der Waals surface area contributed by atoms with Crippen LogP contribution in [-0.2, 0) is 19.1 Å². The zero-order chi connectivity index (χ0) is 12.8. The van der Waals surface area contributed by atoms with Crippen molar-refractivity contribution in [1.82, 2.24) is 0 Å². The van der Waals surface area contributed by atoms with Crippen molar-refractivity contribution in [2.75, 3.05) is 6.61 Å². The van der Waals surface area contributed by atoms with Gasteiger partial charge in [-0.05, 0) is 34.1 Å². The standard InChI is InChI=1S/C12H22O4/c1-6-9(8-10(13)15-7-2)11(14)16-12(3,4)5/h9H,6-8H2,1-5H3. The first-order valence-corrected chi connectivity index (χ1v) is 5.68. The third kappa shape index (κ3) is 6.43. The van der Waals surface area contributed by atoms with Crippen molar-refractivity contribution in [3.8, 4) is 0 Å². The van der Waals surface area contributed by atoms with Gasteiger partial charge >= 0.3 is 11.9 Å². The van der Waals surface area contributed by atoms with Crippen molar-refractivity contribution in [3.05, 3.63) is 0 Å². The van der Waals surface area contributed by atoms with Crippen molar-refractivity contribution in [2.45, 2.75) is 53.1 Å². The quantitative estimate of drug-likeness (QED) is 0.680. The molecule has 0 N–H and O–H groups in total. The maximum absolute atomic E-state index is 11.7. The molecule has 16 heavy (non-hydrogen) atoms. The Kier molecular flexibility index (Phi) is 6.08. The van der Waals surface area contributed by atoms with E-state index < -0.39 is 11.5 Å².